The van der Waals surface area contributed by atoms with E-state index in [2.05, 4.69) is 48.0 Å². The van der Waals surface area contributed by atoms with Crippen LogP contribution in [0.1, 0.15) is 17.5 Å². The summed E-state index contributed by atoms with van der Waals surface area (Å²) in [6.07, 6.45) is 1.59. The lowest BCUT2D eigenvalue weighted by Crippen LogP contribution is -2.10. The highest BCUT2D eigenvalue weighted by Gasteiger charge is 2.06. The fraction of sp³-hybridized carbons (Fsp3) is 0.333. The Balaban J connectivity index is 1.73. The summed E-state index contributed by atoms with van der Waals surface area (Å²) < 4.78 is 0. The molecule has 0 aliphatic carbocycles. The molecule has 0 aliphatic rings. The number of hydrogen-bond donors (Lipinski definition) is 1. The van der Waals surface area contributed by atoms with E-state index < -0.39 is 0 Å². The first kappa shape index (κ1) is 13.7. The molecule has 1 unspecified atom stereocenters. The van der Waals surface area contributed by atoms with Gasteiger partial charge in [0.1, 0.15) is 0 Å². The van der Waals surface area contributed by atoms with Crippen LogP contribution >= 0.6 is 23.1 Å². The normalized spacial score (nSPS) is 12.6. The highest BCUT2D eigenvalue weighted by Crippen LogP contribution is 2.21. The Morgan fingerprint density at radius 1 is 1.33 bits per heavy atom. The van der Waals surface area contributed by atoms with Crippen LogP contribution in [-0.2, 0) is 6.42 Å². The Morgan fingerprint density at radius 3 is 2.94 bits per heavy atom. The maximum atomic E-state index is 9.96. The fourth-order valence-electron chi connectivity index (χ4n) is 1.75. The van der Waals surface area contributed by atoms with Gasteiger partial charge in [-0.2, -0.15) is 11.3 Å². The monoisotopic (exact) mass is 278 g/mol. The highest BCUT2D eigenvalue weighted by atomic mass is 32.2. The molecule has 1 atom stereocenters. The third-order valence-electron chi connectivity index (χ3n) is 2.78. The van der Waals surface area contributed by atoms with Gasteiger partial charge in [0.05, 0.1) is 6.10 Å². The highest BCUT2D eigenvalue weighted by molar-refractivity contribution is 7.99. The molecule has 2 rings (SSSR count). The molecule has 0 saturated heterocycles. The number of benzene rings is 1. The number of thioether (sulfide) groups is 1. The van der Waals surface area contributed by atoms with Crippen LogP contribution in [-0.4, -0.2) is 17.0 Å². The number of aliphatic hydroxyl groups is 1. The summed E-state index contributed by atoms with van der Waals surface area (Å²) in [5.74, 6) is 0.771. The largest absolute Gasteiger partial charge is 0.392 e. The maximum Gasteiger partial charge on any atom is 0.0637 e. The van der Waals surface area contributed by atoms with Gasteiger partial charge in [-0.25, -0.2) is 0 Å². The second-order valence-corrected chi connectivity index (χ2v) is 6.33. The summed E-state index contributed by atoms with van der Waals surface area (Å²) in [6.45, 7) is 2.09. The number of rotatable bonds is 6. The Kier molecular flexibility index (Phi) is 5.29. The van der Waals surface area contributed by atoms with Crippen LogP contribution in [0.3, 0.4) is 0 Å². The minimum absolute atomic E-state index is 0.226. The number of aryl methyl sites for hydroxylation is 2. The van der Waals surface area contributed by atoms with Crippen LogP contribution in [0, 0.1) is 6.92 Å². The summed E-state index contributed by atoms with van der Waals surface area (Å²) in [5, 5.41) is 14.2. The molecule has 0 aliphatic heterocycles. The zero-order valence-electron chi connectivity index (χ0n) is 10.5. The lowest BCUT2D eigenvalue weighted by atomic mass is 10.1. The van der Waals surface area contributed by atoms with E-state index >= 15 is 0 Å². The van der Waals surface area contributed by atoms with E-state index in [4.69, 9.17) is 0 Å². The first-order valence-electron chi connectivity index (χ1n) is 6.12. The summed E-state index contributed by atoms with van der Waals surface area (Å²) in [5.41, 5.74) is 2.60. The van der Waals surface area contributed by atoms with E-state index in [1.165, 1.54) is 16.0 Å². The van der Waals surface area contributed by atoms with Gasteiger partial charge in [-0.15, -0.1) is 11.8 Å². The van der Waals surface area contributed by atoms with Gasteiger partial charge in [-0.1, -0.05) is 17.7 Å². The smallest absolute Gasteiger partial charge is 0.0637 e. The van der Waals surface area contributed by atoms with E-state index in [-0.39, 0.29) is 6.10 Å². The van der Waals surface area contributed by atoms with Crippen molar-refractivity contribution < 1.29 is 5.11 Å². The molecular formula is C15H18OS2. The third kappa shape index (κ3) is 4.48. The van der Waals surface area contributed by atoms with E-state index in [9.17, 15) is 5.11 Å². The van der Waals surface area contributed by atoms with Crippen molar-refractivity contribution in [2.75, 3.05) is 5.75 Å². The minimum Gasteiger partial charge on any atom is -0.392 e. The van der Waals surface area contributed by atoms with Gasteiger partial charge >= 0.3 is 0 Å². The van der Waals surface area contributed by atoms with Crippen molar-refractivity contribution in [2.45, 2.75) is 30.8 Å². The predicted octanol–water partition coefficient (Wildman–Crippen LogP) is 4.14. The van der Waals surface area contributed by atoms with Crippen LogP contribution in [0.4, 0.5) is 0 Å². The molecular weight excluding hydrogens is 260 g/mol. The van der Waals surface area contributed by atoms with Gasteiger partial charge in [-0.05, 0) is 54.3 Å². The standard InChI is InChI=1S/C15H18OS2/c1-12-3-2-4-15(9-12)18-11-14(16)6-5-13-7-8-17-10-13/h2-4,7-10,14,16H,5-6,11H2,1H3. The van der Waals surface area contributed by atoms with E-state index in [0.717, 1.165) is 18.6 Å². The average Bonchev–Trinajstić information content (AvgIpc) is 2.87. The Morgan fingerprint density at radius 2 is 2.22 bits per heavy atom. The van der Waals surface area contributed by atoms with E-state index in [0.29, 0.717) is 0 Å². The number of thiophene rings is 1. The molecule has 2 aromatic rings. The molecule has 1 aromatic carbocycles. The summed E-state index contributed by atoms with van der Waals surface area (Å²) in [7, 11) is 0. The van der Waals surface area contributed by atoms with Crippen molar-refractivity contribution in [3.63, 3.8) is 0 Å². The molecule has 1 aromatic heterocycles. The van der Waals surface area contributed by atoms with Crippen LogP contribution in [0.5, 0.6) is 0 Å². The van der Waals surface area contributed by atoms with Crippen molar-refractivity contribution in [3.8, 4) is 0 Å². The van der Waals surface area contributed by atoms with Crippen molar-refractivity contribution in [1.82, 2.24) is 0 Å². The summed E-state index contributed by atoms with van der Waals surface area (Å²) >= 11 is 3.45. The minimum atomic E-state index is -0.226. The molecule has 0 radical (unpaired) electrons. The molecule has 0 fully saturated rings. The van der Waals surface area contributed by atoms with Gasteiger partial charge in [-0.3, -0.25) is 0 Å². The molecule has 96 valence electrons. The molecule has 0 bridgehead atoms. The fourth-order valence-corrected chi connectivity index (χ4v) is 3.45. The molecule has 0 spiro atoms. The van der Waals surface area contributed by atoms with Crippen LogP contribution in [0.2, 0.25) is 0 Å². The van der Waals surface area contributed by atoms with Crippen molar-refractivity contribution in [1.29, 1.82) is 0 Å². The van der Waals surface area contributed by atoms with Crippen molar-refractivity contribution in [3.05, 3.63) is 52.2 Å². The number of hydrogen-bond acceptors (Lipinski definition) is 3. The third-order valence-corrected chi connectivity index (χ3v) is 4.65. The first-order valence-corrected chi connectivity index (χ1v) is 8.05. The lowest BCUT2D eigenvalue weighted by Gasteiger charge is -2.09. The van der Waals surface area contributed by atoms with Gasteiger partial charge in [0.15, 0.2) is 0 Å². The molecule has 1 nitrogen and oxygen atoms in total. The summed E-state index contributed by atoms with van der Waals surface area (Å²) in [6, 6.07) is 10.6. The van der Waals surface area contributed by atoms with Gasteiger partial charge < -0.3 is 5.11 Å². The lowest BCUT2D eigenvalue weighted by molar-refractivity contribution is 0.189. The van der Waals surface area contributed by atoms with E-state index in [1.54, 1.807) is 23.1 Å². The van der Waals surface area contributed by atoms with Crippen LogP contribution in [0.15, 0.2) is 46.0 Å². The average molecular weight is 278 g/mol. The quantitative estimate of drug-likeness (QED) is 0.801. The zero-order chi connectivity index (χ0) is 12.8. The van der Waals surface area contributed by atoms with Crippen LogP contribution < -0.4 is 0 Å². The first-order chi connectivity index (χ1) is 8.74. The van der Waals surface area contributed by atoms with Crippen molar-refractivity contribution in [2.24, 2.45) is 0 Å². The number of aliphatic hydroxyl groups excluding tert-OH is 1. The summed E-state index contributed by atoms with van der Waals surface area (Å²) in [4.78, 5) is 1.24. The molecule has 0 amide bonds. The van der Waals surface area contributed by atoms with E-state index in [1.807, 2.05) is 0 Å². The SMILES string of the molecule is Cc1cccc(SCC(O)CCc2ccsc2)c1. The Labute approximate surface area is 117 Å². The van der Waals surface area contributed by atoms with Crippen LogP contribution in [0.25, 0.3) is 0 Å². The predicted molar refractivity (Wildman–Crippen MR) is 80.5 cm³/mol. The molecule has 3 heteroatoms. The van der Waals surface area contributed by atoms with Gasteiger partial charge in [0.25, 0.3) is 0 Å². The Hall–Kier alpha value is -0.770. The Bertz CT molecular complexity index is 465. The molecule has 1 N–H and O–H groups in total. The van der Waals surface area contributed by atoms with Crippen molar-refractivity contribution >= 4 is 23.1 Å². The van der Waals surface area contributed by atoms with Gasteiger partial charge in [0.2, 0.25) is 0 Å². The molecule has 0 saturated carbocycles. The molecule has 1 heterocycles. The zero-order valence-corrected chi connectivity index (χ0v) is 12.1. The van der Waals surface area contributed by atoms with Gasteiger partial charge in [0, 0.05) is 10.6 Å². The topological polar surface area (TPSA) is 20.2 Å². The molecule has 18 heavy (non-hydrogen) atoms. The second-order valence-electron chi connectivity index (χ2n) is 4.45. The maximum absolute atomic E-state index is 9.96. The second kappa shape index (κ2) is 6.98.